The van der Waals surface area contributed by atoms with Crippen molar-refractivity contribution in [2.45, 2.75) is 37.5 Å². The summed E-state index contributed by atoms with van der Waals surface area (Å²) < 4.78 is 4.66. The van der Waals surface area contributed by atoms with Gasteiger partial charge in [-0.1, -0.05) is 0 Å². The molecule has 2 fully saturated rings. The maximum absolute atomic E-state index is 12.4. The number of hydrogen-bond acceptors (Lipinski definition) is 5. The van der Waals surface area contributed by atoms with Crippen molar-refractivity contribution in [2.24, 2.45) is 0 Å². The van der Waals surface area contributed by atoms with Gasteiger partial charge in [0, 0.05) is 19.5 Å². The summed E-state index contributed by atoms with van der Waals surface area (Å²) in [5, 5.41) is 18.7. The third-order valence-electron chi connectivity index (χ3n) is 3.78. The van der Waals surface area contributed by atoms with Crippen LogP contribution in [-0.2, 0) is 14.3 Å². The molecule has 2 rings (SSSR count). The molecule has 0 aromatic carbocycles. The lowest BCUT2D eigenvalue weighted by molar-refractivity contribution is -0.145. The molecule has 8 heteroatoms. The highest BCUT2D eigenvalue weighted by Gasteiger charge is 2.44. The molecule has 0 radical (unpaired) electrons. The average molecular weight is 286 g/mol. The Bertz CT molecular complexity index is 426. The quantitative estimate of drug-likeness (QED) is 0.648. The predicted molar refractivity (Wildman–Crippen MR) is 65.9 cm³/mol. The zero-order chi connectivity index (χ0) is 14.9. The molecule has 0 spiro atoms. The second-order valence-electron chi connectivity index (χ2n) is 5.05. The molecule has 0 aliphatic carbocycles. The number of rotatable bonds is 2. The summed E-state index contributed by atoms with van der Waals surface area (Å²) in [5.74, 6) is -1.65. The summed E-state index contributed by atoms with van der Waals surface area (Å²) >= 11 is 0. The Labute approximate surface area is 115 Å². The third kappa shape index (κ3) is 2.55. The summed E-state index contributed by atoms with van der Waals surface area (Å²) in [7, 11) is 1.25. The summed E-state index contributed by atoms with van der Waals surface area (Å²) in [4.78, 5) is 37.6. The van der Waals surface area contributed by atoms with E-state index in [4.69, 9.17) is 5.11 Å². The van der Waals surface area contributed by atoms with E-state index in [9.17, 15) is 19.5 Å². The van der Waals surface area contributed by atoms with E-state index >= 15 is 0 Å². The Morgan fingerprint density at radius 2 is 1.90 bits per heavy atom. The first-order valence-corrected chi connectivity index (χ1v) is 6.51. The van der Waals surface area contributed by atoms with Gasteiger partial charge in [0.05, 0.1) is 13.2 Å². The highest BCUT2D eigenvalue weighted by Crippen LogP contribution is 2.25. The number of ether oxygens (including phenoxy) is 1. The number of hydrogen-bond donors (Lipinski definition) is 2. The number of aliphatic hydroxyl groups is 1. The number of methoxy groups -OCH3 is 1. The molecule has 0 bridgehead atoms. The molecule has 2 aliphatic heterocycles. The minimum Gasteiger partial charge on any atom is -0.480 e. The van der Waals surface area contributed by atoms with Crippen LogP contribution >= 0.6 is 0 Å². The average Bonchev–Trinajstić information content (AvgIpc) is 3.03. The smallest absolute Gasteiger partial charge is 0.328 e. The van der Waals surface area contributed by atoms with E-state index in [1.54, 1.807) is 0 Å². The van der Waals surface area contributed by atoms with Crippen molar-refractivity contribution in [1.82, 2.24) is 9.80 Å². The van der Waals surface area contributed by atoms with E-state index in [1.807, 2.05) is 0 Å². The molecule has 2 amide bonds. The molecule has 3 atom stereocenters. The van der Waals surface area contributed by atoms with Crippen LogP contribution in [0.1, 0.15) is 19.3 Å². The number of carbonyl (C=O) groups excluding carboxylic acids is 2. The number of carbonyl (C=O) groups is 3. The lowest BCUT2D eigenvalue weighted by Crippen LogP contribution is -2.51. The van der Waals surface area contributed by atoms with Crippen molar-refractivity contribution in [2.75, 3.05) is 20.2 Å². The second kappa shape index (κ2) is 5.66. The summed E-state index contributed by atoms with van der Waals surface area (Å²) in [5.41, 5.74) is 0. The van der Waals surface area contributed by atoms with E-state index in [2.05, 4.69) is 4.74 Å². The monoisotopic (exact) mass is 286 g/mol. The Hall–Kier alpha value is -1.83. The number of β-amino-alcohol motifs (C(OH)–C–C–N with tert-alkyl or cyclic N) is 1. The zero-order valence-corrected chi connectivity index (χ0v) is 11.2. The highest BCUT2D eigenvalue weighted by molar-refractivity contribution is 5.87. The van der Waals surface area contributed by atoms with Gasteiger partial charge in [0.25, 0.3) is 0 Å². The van der Waals surface area contributed by atoms with Gasteiger partial charge in [0.15, 0.2) is 0 Å². The molecule has 20 heavy (non-hydrogen) atoms. The van der Waals surface area contributed by atoms with E-state index in [0.29, 0.717) is 19.4 Å². The van der Waals surface area contributed by atoms with Crippen LogP contribution in [0.3, 0.4) is 0 Å². The van der Waals surface area contributed by atoms with E-state index < -0.39 is 36.2 Å². The first-order chi connectivity index (χ1) is 9.45. The maximum atomic E-state index is 12.4. The van der Waals surface area contributed by atoms with E-state index in [0.717, 1.165) is 4.90 Å². The van der Waals surface area contributed by atoms with Gasteiger partial charge < -0.3 is 24.7 Å². The van der Waals surface area contributed by atoms with Crippen LogP contribution < -0.4 is 0 Å². The molecule has 2 saturated heterocycles. The van der Waals surface area contributed by atoms with Crippen LogP contribution in [0.4, 0.5) is 4.79 Å². The normalized spacial score (nSPS) is 29.6. The van der Waals surface area contributed by atoms with Crippen molar-refractivity contribution in [3.8, 4) is 0 Å². The first-order valence-electron chi connectivity index (χ1n) is 6.51. The lowest BCUT2D eigenvalue weighted by Gasteiger charge is -2.30. The molecule has 1 unspecified atom stereocenters. The Kier molecular flexibility index (Phi) is 4.12. The van der Waals surface area contributed by atoms with Crippen molar-refractivity contribution >= 4 is 18.0 Å². The largest absolute Gasteiger partial charge is 0.480 e. The minimum absolute atomic E-state index is 0.0117. The molecular weight excluding hydrogens is 268 g/mol. The van der Waals surface area contributed by atoms with Crippen LogP contribution in [0.25, 0.3) is 0 Å². The van der Waals surface area contributed by atoms with E-state index in [1.165, 1.54) is 12.0 Å². The van der Waals surface area contributed by atoms with Gasteiger partial charge in [-0.05, 0) is 12.8 Å². The number of nitrogens with zero attached hydrogens (tertiary/aromatic N) is 2. The molecule has 2 aliphatic rings. The molecule has 2 heterocycles. The van der Waals surface area contributed by atoms with Crippen LogP contribution in [0.5, 0.6) is 0 Å². The fourth-order valence-electron chi connectivity index (χ4n) is 2.80. The number of carboxylic acid groups (broad SMARTS) is 1. The van der Waals surface area contributed by atoms with Gasteiger partial charge in [-0.15, -0.1) is 0 Å². The van der Waals surface area contributed by atoms with Crippen LogP contribution in [0.15, 0.2) is 0 Å². The number of aliphatic hydroxyl groups excluding tert-OH is 1. The number of urea groups is 1. The number of esters is 1. The summed E-state index contributed by atoms with van der Waals surface area (Å²) in [6.45, 7) is 0.359. The Morgan fingerprint density at radius 1 is 1.20 bits per heavy atom. The molecule has 0 aromatic heterocycles. The number of likely N-dealkylation sites (tertiary alicyclic amines) is 2. The predicted octanol–water partition coefficient (Wildman–Crippen LogP) is -0.736. The van der Waals surface area contributed by atoms with Gasteiger partial charge in [-0.3, -0.25) is 0 Å². The fourth-order valence-corrected chi connectivity index (χ4v) is 2.80. The fraction of sp³-hybridized carbons (Fsp3) is 0.750. The topological polar surface area (TPSA) is 107 Å². The summed E-state index contributed by atoms with van der Waals surface area (Å²) in [6, 6.07) is -2.24. The summed E-state index contributed by atoms with van der Waals surface area (Å²) in [6.07, 6.45) is 0.337. The molecule has 2 N–H and O–H groups in total. The van der Waals surface area contributed by atoms with Crippen molar-refractivity contribution in [3.05, 3.63) is 0 Å². The van der Waals surface area contributed by atoms with Gasteiger partial charge in [0.1, 0.15) is 12.1 Å². The van der Waals surface area contributed by atoms with Crippen LogP contribution in [0.2, 0.25) is 0 Å². The van der Waals surface area contributed by atoms with Gasteiger partial charge >= 0.3 is 18.0 Å². The van der Waals surface area contributed by atoms with Crippen molar-refractivity contribution in [3.63, 3.8) is 0 Å². The van der Waals surface area contributed by atoms with Crippen molar-refractivity contribution in [1.29, 1.82) is 0 Å². The van der Waals surface area contributed by atoms with Gasteiger partial charge in [0.2, 0.25) is 0 Å². The third-order valence-corrected chi connectivity index (χ3v) is 3.78. The lowest BCUT2D eigenvalue weighted by atomic mass is 10.2. The van der Waals surface area contributed by atoms with Crippen molar-refractivity contribution < 1.29 is 29.3 Å². The Morgan fingerprint density at radius 3 is 2.50 bits per heavy atom. The standard InChI is InChI=1S/C12H18N2O6/c1-20-11(18)8-3-2-4-13(8)12(19)14-6-7(15)5-9(14)10(16)17/h7-9,15H,2-6H2,1H3,(H,16,17)/t7-,8?,9-/m1/s1. The van der Waals surface area contributed by atoms with Gasteiger partial charge in [-0.25, -0.2) is 14.4 Å². The van der Waals surface area contributed by atoms with Crippen LogP contribution in [-0.4, -0.2) is 76.4 Å². The zero-order valence-electron chi connectivity index (χ0n) is 11.2. The van der Waals surface area contributed by atoms with Crippen LogP contribution in [0, 0.1) is 0 Å². The van der Waals surface area contributed by atoms with E-state index in [-0.39, 0.29) is 13.0 Å². The number of carboxylic acids is 1. The maximum Gasteiger partial charge on any atom is 0.328 e. The molecule has 8 nitrogen and oxygen atoms in total. The number of aliphatic carboxylic acids is 1. The minimum atomic E-state index is -1.15. The van der Waals surface area contributed by atoms with Gasteiger partial charge in [-0.2, -0.15) is 0 Å². The highest BCUT2D eigenvalue weighted by atomic mass is 16.5. The first kappa shape index (κ1) is 14.6. The second-order valence-corrected chi connectivity index (χ2v) is 5.05. The number of amides is 2. The molecule has 0 aromatic rings. The molecule has 0 saturated carbocycles. The SMILES string of the molecule is COC(=O)C1CCCN1C(=O)N1C[C@H](O)C[C@@H]1C(=O)O. The molecular formula is C12H18N2O6. The Balaban J connectivity index is 2.13. The molecule has 112 valence electrons.